The Bertz CT molecular complexity index is 717. The molecule has 0 bridgehead atoms. The molecule has 0 amide bonds. The number of hydrogen-bond donors (Lipinski definition) is 1. The lowest BCUT2D eigenvalue weighted by molar-refractivity contribution is -0.131. The van der Waals surface area contributed by atoms with Gasteiger partial charge in [-0.05, 0) is 36.4 Å². The number of esters is 1. The summed E-state index contributed by atoms with van der Waals surface area (Å²) in [6, 6.07) is 15.2. The summed E-state index contributed by atoms with van der Waals surface area (Å²) in [5, 5.41) is 4.08. The summed E-state index contributed by atoms with van der Waals surface area (Å²) in [5.74, 6) is 0.212. The lowest BCUT2D eigenvalue weighted by atomic mass is 10.3. The summed E-state index contributed by atoms with van der Waals surface area (Å²) in [5.41, 5.74) is 1.89. The zero-order chi connectivity index (χ0) is 13.9. The normalized spacial score (nSPS) is 10.4. The Morgan fingerprint density at radius 1 is 1.15 bits per heavy atom. The summed E-state index contributed by atoms with van der Waals surface area (Å²) >= 11 is 1.60. The zero-order valence-electron chi connectivity index (χ0n) is 10.8. The maximum atomic E-state index is 10.8. The van der Waals surface area contributed by atoms with Crippen LogP contribution in [0.1, 0.15) is 6.92 Å². The van der Waals surface area contributed by atoms with E-state index < -0.39 is 0 Å². The molecule has 0 atom stereocenters. The number of anilines is 2. The van der Waals surface area contributed by atoms with E-state index in [4.69, 9.17) is 4.74 Å². The summed E-state index contributed by atoms with van der Waals surface area (Å²) < 4.78 is 6.13. The van der Waals surface area contributed by atoms with Crippen molar-refractivity contribution in [2.24, 2.45) is 0 Å². The Kier molecular flexibility index (Phi) is 3.35. The Morgan fingerprint density at radius 3 is 2.60 bits per heavy atom. The largest absolute Gasteiger partial charge is 0.427 e. The van der Waals surface area contributed by atoms with Crippen molar-refractivity contribution in [3.8, 4) is 5.75 Å². The monoisotopic (exact) mass is 284 g/mol. The van der Waals surface area contributed by atoms with Gasteiger partial charge in [0.2, 0.25) is 0 Å². The van der Waals surface area contributed by atoms with Crippen LogP contribution in [0.5, 0.6) is 5.75 Å². The summed E-state index contributed by atoms with van der Waals surface area (Å²) in [6.45, 7) is 1.38. The van der Waals surface area contributed by atoms with Gasteiger partial charge >= 0.3 is 5.97 Å². The second-order valence-electron chi connectivity index (χ2n) is 4.23. The van der Waals surface area contributed by atoms with Crippen LogP contribution >= 0.6 is 11.3 Å². The topological polar surface area (TPSA) is 51.2 Å². The molecule has 3 rings (SSSR count). The van der Waals surface area contributed by atoms with Crippen LogP contribution < -0.4 is 10.1 Å². The molecule has 20 heavy (non-hydrogen) atoms. The highest BCUT2D eigenvalue weighted by atomic mass is 32.1. The number of benzene rings is 2. The summed E-state index contributed by atoms with van der Waals surface area (Å²) in [7, 11) is 0. The fourth-order valence-electron chi connectivity index (χ4n) is 1.82. The second kappa shape index (κ2) is 5.30. The van der Waals surface area contributed by atoms with Crippen LogP contribution in [0.3, 0.4) is 0 Å². The van der Waals surface area contributed by atoms with Gasteiger partial charge < -0.3 is 10.1 Å². The molecule has 0 aliphatic rings. The number of para-hydroxylation sites is 1. The molecule has 0 saturated carbocycles. The Balaban J connectivity index is 1.78. The van der Waals surface area contributed by atoms with Gasteiger partial charge in [-0.2, -0.15) is 0 Å². The number of carbonyl (C=O) groups is 1. The van der Waals surface area contributed by atoms with E-state index in [9.17, 15) is 4.79 Å². The van der Waals surface area contributed by atoms with Crippen molar-refractivity contribution in [2.75, 3.05) is 5.32 Å². The van der Waals surface area contributed by atoms with Crippen molar-refractivity contribution >= 4 is 38.3 Å². The number of thiazole rings is 1. The molecule has 100 valence electrons. The molecule has 0 unspecified atom stereocenters. The molecule has 1 N–H and O–H groups in total. The van der Waals surface area contributed by atoms with E-state index in [0.29, 0.717) is 5.75 Å². The van der Waals surface area contributed by atoms with Gasteiger partial charge in [0, 0.05) is 12.6 Å². The van der Waals surface area contributed by atoms with Crippen LogP contribution in [0.25, 0.3) is 10.2 Å². The molecular weight excluding hydrogens is 272 g/mol. The van der Waals surface area contributed by atoms with E-state index in [2.05, 4.69) is 10.3 Å². The maximum absolute atomic E-state index is 10.8. The van der Waals surface area contributed by atoms with Crippen molar-refractivity contribution in [2.45, 2.75) is 6.92 Å². The SMILES string of the molecule is CC(=O)Oc1ccc(Nc2nc3ccccc3s2)cc1. The van der Waals surface area contributed by atoms with Crippen LogP contribution in [0.15, 0.2) is 48.5 Å². The van der Waals surface area contributed by atoms with Gasteiger partial charge in [-0.3, -0.25) is 4.79 Å². The third-order valence-electron chi connectivity index (χ3n) is 2.66. The second-order valence-corrected chi connectivity index (χ2v) is 5.26. The first-order valence-electron chi connectivity index (χ1n) is 6.12. The van der Waals surface area contributed by atoms with E-state index in [-0.39, 0.29) is 5.97 Å². The Morgan fingerprint density at radius 2 is 1.90 bits per heavy atom. The number of nitrogens with one attached hydrogen (secondary N) is 1. The molecule has 0 saturated heterocycles. The first-order chi connectivity index (χ1) is 9.70. The van der Waals surface area contributed by atoms with Crippen LogP contribution in [0.4, 0.5) is 10.8 Å². The number of carbonyl (C=O) groups excluding carboxylic acids is 1. The minimum absolute atomic E-state index is 0.322. The lowest BCUT2D eigenvalue weighted by Gasteiger charge is -2.04. The van der Waals surface area contributed by atoms with Gasteiger partial charge in [0.1, 0.15) is 5.75 Å². The Labute approximate surface area is 120 Å². The number of nitrogens with zero attached hydrogens (tertiary/aromatic N) is 1. The van der Waals surface area contributed by atoms with Crippen LogP contribution in [-0.4, -0.2) is 11.0 Å². The molecule has 3 aromatic rings. The van der Waals surface area contributed by atoms with Crippen LogP contribution in [-0.2, 0) is 4.79 Å². The molecule has 0 aliphatic heterocycles. The van der Waals surface area contributed by atoms with Gasteiger partial charge in [0.15, 0.2) is 5.13 Å². The summed E-state index contributed by atoms with van der Waals surface area (Å²) in [6.07, 6.45) is 0. The van der Waals surface area contributed by atoms with Crippen molar-refractivity contribution in [1.82, 2.24) is 4.98 Å². The highest BCUT2D eigenvalue weighted by molar-refractivity contribution is 7.22. The van der Waals surface area contributed by atoms with E-state index >= 15 is 0 Å². The quantitative estimate of drug-likeness (QED) is 0.584. The minimum atomic E-state index is -0.322. The molecule has 0 fully saturated rings. The number of fused-ring (bicyclic) bond motifs is 1. The number of aromatic nitrogens is 1. The minimum Gasteiger partial charge on any atom is -0.427 e. The molecule has 0 radical (unpaired) electrons. The van der Waals surface area contributed by atoms with Gasteiger partial charge in [-0.25, -0.2) is 4.98 Å². The zero-order valence-corrected chi connectivity index (χ0v) is 11.6. The smallest absolute Gasteiger partial charge is 0.308 e. The van der Waals surface area contributed by atoms with Crippen LogP contribution in [0, 0.1) is 0 Å². The molecule has 4 nitrogen and oxygen atoms in total. The van der Waals surface area contributed by atoms with Gasteiger partial charge in [0.05, 0.1) is 10.2 Å². The van der Waals surface area contributed by atoms with Crippen molar-refractivity contribution < 1.29 is 9.53 Å². The fourth-order valence-corrected chi connectivity index (χ4v) is 2.71. The third-order valence-corrected chi connectivity index (χ3v) is 3.61. The highest BCUT2D eigenvalue weighted by Crippen LogP contribution is 2.28. The van der Waals surface area contributed by atoms with E-state index in [0.717, 1.165) is 21.0 Å². The van der Waals surface area contributed by atoms with Gasteiger partial charge in [-0.15, -0.1) is 0 Å². The van der Waals surface area contributed by atoms with Crippen molar-refractivity contribution in [1.29, 1.82) is 0 Å². The number of rotatable bonds is 3. The van der Waals surface area contributed by atoms with E-state index in [1.54, 1.807) is 23.5 Å². The van der Waals surface area contributed by atoms with E-state index in [1.165, 1.54) is 6.92 Å². The fraction of sp³-hybridized carbons (Fsp3) is 0.0667. The number of ether oxygens (including phenoxy) is 1. The lowest BCUT2D eigenvalue weighted by Crippen LogP contribution is -2.01. The highest BCUT2D eigenvalue weighted by Gasteiger charge is 2.04. The molecule has 1 heterocycles. The standard InChI is InChI=1S/C15H12N2O2S/c1-10(18)19-12-8-6-11(7-9-12)16-15-17-13-4-2-3-5-14(13)20-15/h2-9H,1H3,(H,16,17). The Hall–Kier alpha value is -2.40. The van der Waals surface area contributed by atoms with Crippen molar-refractivity contribution in [3.63, 3.8) is 0 Å². The molecule has 5 heteroatoms. The molecule has 1 aromatic heterocycles. The average Bonchev–Trinajstić information content (AvgIpc) is 2.82. The number of hydrogen-bond acceptors (Lipinski definition) is 5. The van der Waals surface area contributed by atoms with E-state index in [1.807, 2.05) is 36.4 Å². The molecule has 0 aliphatic carbocycles. The maximum Gasteiger partial charge on any atom is 0.308 e. The first-order valence-corrected chi connectivity index (χ1v) is 6.93. The third kappa shape index (κ3) is 2.78. The molecule has 2 aromatic carbocycles. The first kappa shape index (κ1) is 12.6. The predicted molar refractivity (Wildman–Crippen MR) is 80.7 cm³/mol. The summed E-state index contributed by atoms with van der Waals surface area (Å²) in [4.78, 5) is 15.3. The molecule has 0 spiro atoms. The van der Waals surface area contributed by atoms with Crippen LogP contribution in [0.2, 0.25) is 0 Å². The predicted octanol–water partition coefficient (Wildman–Crippen LogP) is 3.97. The molecular formula is C15H12N2O2S. The van der Waals surface area contributed by atoms with Gasteiger partial charge in [-0.1, -0.05) is 23.5 Å². The average molecular weight is 284 g/mol. The van der Waals surface area contributed by atoms with Gasteiger partial charge in [0.25, 0.3) is 0 Å². The van der Waals surface area contributed by atoms with Crippen molar-refractivity contribution in [3.05, 3.63) is 48.5 Å².